The van der Waals surface area contributed by atoms with E-state index >= 15 is 0 Å². The van der Waals surface area contributed by atoms with Gasteiger partial charge < -0.3 is 5.32 Å². The highest BCUT2D eigenvalue weighted by atomic mass is 127. The fourth-order valence-corrected chi connectivity index (χ4v) is 2.99. The lowest BCUT2D eigenvalue weighted by atomic mass is 10.1. The van der Waals surface area contributed by atoms with Gasteiger partial charge in [-0.1, -0.05) is 0 Å². The second-order valence-electron chi connectivity index (χ2n) is 4.65. The molecule has 0 aliphatic carbocycles. The molecule has 100 valence electrons. The first-order chi connectivity index (χ1) is 8.63. The zero-order chi connectivity index (χ0) is 13.1. The predicted octanol–water partition coefficient (Wildman–Crippen LogP) is 2.75. The van der Waals surface area contributed by atoms with Gasteiger partial charge in [0.05, 0.1) is 0 Å². The molecule has 0 spiro atoms. The molecular formula is C13H17F2IN2. The topological polar surface area (TPSA) is 15.3 Å². The lowest BCUT2D eigenvalue weighted by Gasteiger charge is -2.24. The second kappa shape index (κ2) is 6.25. The van der Waals surface area contributed by atoms with Gasteiger partial charge in [-0.25, -0.2) is 8.78 Å². The maximum Gasteiger partial charge on any atom is 0.143 e. The summed E-state index contributed by atoms with van der Waals surface area (Å²) in [5, 5.41) is 3.14. The van der Waals surface area contributed by atoms with Gasteiger partial charge in [-0.3, -0.25) is 4.90 Å². The summed E-state index contributed by atoms with van der Waals surface area (Å²) in [5.74, 6) is -0.853. The van der Waals surface area contributed by atoms with Crippen molar-refractivity contribution in [3.05, 3.63) is 32.9 Å². The molecule has 2 rings (SSSR count). The van der Waals surface area contributed by atoms with Crippen LogP contribution in [0.5, 0.6) is 0 Å². The highest BCUT2D eigenvalue weighted by Gasteiger charge is 2.26. The van der Waals surface area contributed by atoms with Crippen molar-refractivity contribution in [1.82, 2.24) is 10.2 Å². The number of hydrogen-bond donors (Lipinski definition) is 1. The molecule has 0 saturated carbocycles. The first-order valence-electron chi connectivity index (χ1n) is 6.14. The number of likely N-dealkylation sites (N-methyl/N-ethyl adjacent to an activating group) is 1. The van der Waals surface area contributed by atoms with Crippen LogP contribution in [0.2, 0.25) is 0 Å². The van der Waals surface area contributed by atoms with Crippen molar-refractivity contribution in [3.8, 4) is 0 Å². The molecule has 2 nitrogen and oxygen atoms in total. The van der Waals surface area contributed by atoms with Crippen molar-refractivity contribution in [3.63, 3.8) is 0 Å². The molecule has 1 unspecified atom stereocenters. The highest BCUT2D eigenvalue weighted by molar-refractivity contribution is 14.1. The van der Waals surface area contributed by atoms with Crippen LogP contribution < -0.4 is 5.32 Å². The molecule has 1 atom stereocenters. The minimum absolute atomic E-state index is 0.199. The molecule has 0 bridgehead atoms. The third-order valence-corrected chi connectivity index (χ3v) is 4.27. The van der Waals surface area contributed by atoms with Crippen molar-refractivity contribution >= 4 is 22.6 Å². The minimum atomic E-state index is -0.442. The molecule has 1 aromatic carbocycles. The molecule has 1 aliphatic heterocycles. The number of rotatable bonds is 4. The molecule has 0 radical (unpaired) electrons. The molecule has 0 amide bonds. The molecule has 1 aromatic rings. The highest BCUT2D eigenvalue weighted by Crippen LogP contribution is 2.24. The summed E-state index contributed by atoms with van der Waals surface area (Å²) in [7, 11) is 1.91. The summed E-state index contributed by atoms with van der Waals surface area (Å²) in [4.78, 5) is 2.16. The zero-order valence-corrected chi connectivity index (χ0v) is 12.5. The van der Waals surface area contributed by atoms with Gasteiger partial charge in [0.15, 0.2) is 0 Å². The Morgan fingerprint density at radius 3 is 2.94 bits per heavy atom. The summed E-state index contributed by atoms with van der Waals surface area (Å²) in [6, 6.07) is 3.21. The maximum atomic E-state index is 13.9. The van der Waals surface area contributed by atoms with Gasteiger partial charge in [-0.15, -0.1) is 0 Å². The Kier molecular flexibility index (Phi) is 4.91. The van der Waals surface area contributed by atoms with Crippen molar-refractivity contribution < 1.29 is 8.78 Å². The molecule has 5 heteroatoms. The Balaban J connectivity index is 2.16. The van der Waals surface area contributed by atoms with Crippen molar-refractivity contribution in [2.24, 2.45) is 0 Å². The Morgan fingerprint density at radius 2 is 2.22 bits per heavy atom. The van der Waals surface area contributed by atoms with E-state index in [2.05, 4.69) is 10.2 Å². The van der Waals surface area contributed by atoms with Gasteiger partial charge in [-0.05, 0) is 61.2 Å². The molecule has 1 N–H and O–H groups in total. The average molecular weight is 366 g/mol. The largest absolute Gasteiger partial charge is 0.318 e. The molecule has 1 aliphatic rings. The van der Waals surface area contributed by atoms with Crippen LogP contribution in [0.4, 0.5) is 8.78 Å². The first kappa shape index (κ1) is 14.1. The Bertz CT molecular complexity index is 426. The van der Waals surface area contributed by atoms with Crippen LogP contribution in [0.1, 0.15) is 18.4 Å². The summed E-state index contributed by atoms with van der Waals surface area (Å²) in [5.41, 5.74) is 0.199. The first-order valence-corrected chi connectivity index (χ1v) is 7.22. The van der Waals surface area contributed by atoms with Crippen molar-refractivity contribution in [1.29, 1.82) is 0 Å². The number of halogens is 3. The zero-order valence-electron chi connectivity index (χ0n) is 10.3. The van der Waals surface area contributed by atoms with E-state index in [-0.39, 0.29) is 5.56 Å². The van der Waals surface area contributed by atoms with Crippen LogP contribution in [-0.2, 0) is 6.54 Å². The number of hydrogen-bond acceptors (Lipinski definition) is 2. The van der Waals surface area contributed by atoms with Crippen LogP contribution >= 0.6 is 22.6 Å². The van der Waals surface area contributed by atoms with Gasteiger partial charge in [0.1, 0.15) is 11.6 Å². The standard InChI is InChI=1S/C13H17F2IN2/c1-17-7-9-3-2-6-18(9)8-10-11(14)4-5-12(16)13(10)15/h4-5,9,17H,2-3,6-8H2,1H3. The van der Waals surface area contributed by atoms with Gasteiger partial charge in [0.25, 0.3) is 0 Å². The van der Waals surface area contributed by atoms with E-state index in [9.17, 15) is 8.78 Å². The molecule has 0 aromatic heterocycles. The maximum absolute atomic E-state index is 13.9. The number of nitrogens with zero attached hydrogens (tertiary/aromatic N) is 1. The van der Waals surface area contributed by atoms with Crippen LogP contribution in [-0.4, -0.2) is 31.1 Å². The molecule has 1 heterocycles. The molecule has 18 heavy (non-hydrogen) atoms. The Labute approximate surface area is 120 Å². The van der Waals surface area contributed by atoms with Gasteiger partial charge >= 0.3 is 0 Å². The average Bonchev–Trinajstić information content (AvgIpc) is 2.78. The number of benzene rings is 1. The van der Waals surface area contributed by atoms with Crippen LogP contribution in [0.25, 0.3) is 0 Å². The van der Waals surface area contributed by atoms with Crippen LogP contribution in [0, 0.1) is 15.2 Å². The van der Waals surface area contributed by atoms with Crippen molar-refractivity contribution in [2.75, 3.05) is 20.1 Å². The fourth-order valence-electron chi connectivity index (χ4n) is 2.49. The van der Waals surface area contributed by atoms with Gasteiger partial charge in [-0.2, -0.15) is 0 Å². The quantitative estimate of drug-likeness (QED) is 0.651. The summed E-state index contributed by atoms with van der Waals surface area (Å²) < 4.78 is 28.1. The summed E-state index contributed by atoms with van der Waals surface area (Å²) >= 11 is 1.90. The summed E-state index contributed by atoms with van der Waals surface area (Å²) in [6.45, 7) is 2.14. The minimum Gasteiger partial charge on any atom is -0.318 e. The van der Waals surface area contributed by atoms with E-state index in [4.69, 9.17) is 0 Å². The monoisotopic (exact) mass is 366 g/mol. The Morgan fingerprint density at radius 1 is 1.44 bits per heavy atom. The van der Waals surface area contributed by atoms with Gasteiger partial charge in [0, 0.05) is 28.3 Å². The second-order valence-corrected chi connectivity index (χ2v) is 5.81. The van der Waals surface area contributed by atoms with E-state index in [0.717, 1.165) is 25.9 Å². The Hall–Kier alpha value is -0.270. The SMILES string of the molecule is CNCC1CCCN1Cc1c(F)ccc(I)c1F. The van der Waals surface area contributed by atoms with Crippen LogP contribution in [0.3, 0.4) is 0 Å². The third kappa shape index (κ3) is 3.00. The lowest BCUT2D eigenvalue weighted by Crippen LogP contribution is -2.36. The molecule has 1 saturated heterocycles. The van der Waals surface area contributed by atoms with Crippen molar-refractivity contribution in [2.45, 2.75) is 25.4 Å². The van der Waals surface area contributed by atoms with E-state index in [1.54, 1.807) is 0 Å². The smallest absolute Gasteiger partial charge is 0.143 e. The van der Waals surface area contributed by atoms with E-state index in [1.165, 1.54) is 12.1 Å². The number of nitrogens with one attached hydrogen (secondary N) is 1. The third-order valence-electron chi connectivity index (χ3n) is 3.44. The number of likely N-dealkylation sites (tertiary alicyclic amines) is 1. The van der Waals surface area contributed by atoms with Gasteiger partial charge in [0.2, 0.25) is 0 Å². The molecule has 1 fully saturated rings. The molecular weight excluding hydrogens is 349 g/mol. The van der Waals surface area contributed by atoms with Crippen LogP contribution in [0.15, 0.2) is 12.1 Å². The van der Waals surface area contributed by atoms with E-state index in [1.807, 2.05) is 29.6 Å². The summed E-state index contributed by atoms with van der Waals surface area (Å²) in [6.07, 6.45) is 2.19. The predicted molar refractivity (Wildman–Crippen MR) is 76.4 cm³/mol. The lowest BCUT2D eigenvalue weighted by molar-refractivity contribution is 0.235. The van der Waals surface area contributed by atoms with E-state index < -0.39 is 11.6 Å². The van der Waals surface area contributed by atoms with E-state index in [0.29, 0.717) is 16.2 Å². The normalized spacial score (nSPS) is 20.6. The fraction of sp³-hybridized carbons (Fsp3) is 0.538.